The summed E-state index contributed by atoms with van der Waals surface area (Å²) in [5, 5.41) is 2.85. The summed E-state index contributed by atoms with van der Waals surface area (Å²) in [4.78, 5) is 0. The van der Waals surface area contributed by atoms with E-state index in [4.69, 9.17) is 0 Å². The van der Waals surface area contributed by atoms with E-state index >= 15 is 0 Å². The van der Waals surface area contributed by atoms with E-state index in [2.05, 4.69) is 5.32 Å². The predicted octanol–water partition coefficient (Wildman–Crippen LogP) is 3.49. The molecule has 2 aromatic rings. The Bertz CT molecular complexity index is 567. The largest absolute Gasteiger partial charge is 0.316 e. The molecule has 0 aromatic heterocycles. The molecule has 0 amide bonds. The molecule has 0 aliphatic carbocycles. The van der Waals surface area contributed by atoms with Gasteiger partial charge in [-0.25, -0.2) is 13.2 Å². The number of benzene rings is 2. The van der Waals surface area contributed by atoms with Crippen molar-refractivity contribution in [2.45, 2.75) is 6.54 Å². The lowest BCUT2D eigenvalue weighted by molar-refractivity contribution is 0.509. The Kier molecular flexibility index (Phi) is 3.67. The second kappa shape index (κ2) is 5.23. The highest BCUT2D eigenvalue weighted by Crippen LogP contribution is 2.23. The van der Waals surface area contributed by atoms with Crippen molar-refractivity contribution in [1.82, 2.24) is 5.32 Å². The molecule has 0 aliphatic heterocycles. The van der Waals surface area contributed by atoms with Crippen molar-refractivity contribution in [1.29, 1.82) is 0 Å². The smallest absolute Gasteiger partial charge is 0.159 e. The van der Waals surface area contributed by atoms with Gasteiger partial charge in [0.05, 0.1) is 0 Å². The standard InChI is InChI=1S/C14H12F3N/c1-18-8-11-3-2-9(6-13(11)16)10-4-5-12(15)14(17)7-10/h2-7,18H,8H2,1H3. The van der Waals surface area contributed by atoms with Gasteiger partial charge in [-0.05, 0) is 36.4 Å². The van der Waals surface area contributed by atoms with E-state index in [0.29, 0.717) is 23.2 Å². The fraction of sp³-hybridized carbons (Fsp3) is 0.143. The molecule has 0 radical (unpaired) electrons. The molecule has 0 aliphatic rings. The topological polar surface area (TPSA) is 12.0 Å². The Labute approximate surface area is 103 Å². The van der Waals surface area contributed by atoms with Gasteiger partial charge in [0.15, 0.2) is 11.6 Å². The lowest BCUT2D eigenvalue weighted by atomic mass is 10.0. The first-order valence-corrected chi connectivity index (χ1v) is 5.50. The summed E-state index contributed by atoms with van der Waals surface area (Å²) >= 11 is 0. The molecule has 4 heteroatoms. The van der Waals surface area contributed by atoms with Crippen molar-refractivity contribution in [2.75, 3.05) is 7.05 Å². The monoisotopic (exact) mass is 251 g/mol. The Balaban J connectivity index is 2.39. The normalized spacial score (nSPS) is 10.7. The number of hydrogen-bond donors (Lipinski definition) is 1. The number of nitrogens with one attached hydrogen (secondary N) is 1. The minimum absolute atomic E-state index is 0.369. The average Bonchev–Trinajstić information content (AvgIpc) is 2.35. The Morgan fingerprint density at radius 1 is 0.833 bits per heavy atom. The zero-order valence-corrected chi connectivity index (χ0v) is 9.81. The van der Waals surface area contributed by atoms with Crippen LogP contribution in [0.5, 0.6) is 0 Å². The SMILES string of the molecule is CNCc1ccc(-c2ccc(F)c(F)c2)cc1F. The van der Waals surface area contributed by atoms with Crippen molar-refractivity contribution in [2.24, 2.45) is 0 Å². The van der Waals surface area contributed by atoms with E-state index < -0.39 is 11.6 Å². The number of halogens is 3. The van der Waals surface area contributed by atoms with Gasteiger partial charge in [0, 0.05) is 12.1 Å². The molecule has 0 spiro atoms. The molecule has 0 atom stereocenters. The van der Waals surface area contributed by atoms with Crippen molar-refractivity contribution >= 4 is 0 Å². The second-order valence-electron chi connectivity index (χ2n) is 3.97. The van der Waals surface area contributed by atoms with Crippen molar-refractivity contribution < 1.29 is 13.2 Å². The van der Waals surface area contributed by atoms with Crippen LogP contribution in [-0.2, 0) is 6.54 Å². The van der Waals surface area contributed by atoms with Gasteiger partial charge in [0.1, 0.15) is 5.82 Å². The van der Waals surface area contributed by atoms with E-state index in [9.17, 15) is 13.2 Å². The van der Waals surface area contributed by atoms with Gasteiger partial charge in [0.25, 0.3) is 0 Å². The summed E-state index contributed by atoms with van der Waals surface area (Å²) < 4.78 is 39.6. The molecule has 0 saturated carbocycles. The van der Waals surface area contributed by atoms with Crippen LogP contribution in [-0.4, -0.2) is 7.05 Å². The van der Waals surface area contributed by atoms with Gasteiger partial charge >= 0.3 is 0 Å². The van der Waals surface area contributed by atoms with E-state index in [1.807, 2.05) is 0 Å². The summed E-state index contributed by atoms with van der Waals surface area (Å²) in [6.07, 6.45) is 0. The molecule has 0 fully saturated rings. The van der Waals surface area contributed by atoms with Crippen LogP contribution in [0.25, 0.3) is 11.1 Å². The lowest BCUT2D eigenvalue weighted by Crippen LogP contribution is -2.06. The molecule has 18 heavy (non-hydrogen) atoms. The van der Waals surface area contributed by atoms with Crippen LogP contribution in [0.4, 0.5) is 13.2 Å². The summed E-state index contributed by atoms with van der Waals surface area (Å²) in [6, 6.07) is 8.14. The molecule has 94 valence electrons. The zero-order chi connectivity index (χ0) is 13.1. The third-order valence-corrected chi connectivity index (χ3v) is 2.67. The fourth-order valence-corrected chi connectivity index (χ4v) is 1.74. The minimum Gasteiger partial charge on any atom is -0.316 e. The third kappa shape index (κ3) is 2.54. The van der Waals surface area contributed by atoms with Gasteiger partial charge in [-0.2, -0.15) is 0 Å². The highest BCUT2D eigenvalue weighted by atomic mass is 19.2. The molecule has 1 nitrogen and oxygen atoms in total. The van der Waals surface area contributed by atoms with Crippen molar-refractivity contribution in [3.8, 4) is 11.1 Å². The molecule has 2 aromatic carbocycles. The Hall–Kier alpha value is -1.81. The quantitative estimate of drug-likeness (QED) is 0.880. The summed E-state index contributed by atoms with van der Waals surface area (Å²) in [5.74, 6) is -2.22. The van der Waals surface area contributed by atoms with Crippen LogP contribution < -0.4 is 5.32 Å². The molecule has 0 bridgehead atoms. The average molecular weight is 251 g/mol. The van der Waals surface area contributed by atoms with Gasteiger partial charge in [-0.3, -0.25) is 0 Å². The lowest BCUT2D eigenvalue weighted by Gasteiger charge is -2.06. The first-order chi connectivity index (χ1) is 8.61. The predicted molar refractivity (Wildman–Crippen MR) is 64.5 cm³/mol. The maximum absolute atomic E-state index is 13.7. The van der Waals surface area contributed by atoms with Gasteiger partial charge in [-0.1, -0.05) is 18.2 Å². The third-order valence-electron chi connectivity index (χ3n) is 2.67. The van der Waals surface area contributed by atoms with Crippen LogP contribution >= 0.6 is 0 Å². The highest BCUT2D eigenvalue weighted by molar-refractivity contribution is 5.63. The second-order valence-corrected chi connectivity index (χ2v) is 3.97. The van der Waals surface area contributed by atoms with Crippen LogP contribution in [0.1, 0.15) is 5.56 Å². The van der Waals surface area contributed by atoms with E-state index in [-0.39, 0.29) is 5.82 Å². The molecule has 0 saturated heterocycles. The van der Waals surface area contributed by atoms with Crippen LogP contribution in [0, 0.1) is 17.5 Å². The van der Waals surface area contributed by atoms with Crippen molar-refractivity contribution in [3.63, 3.8) is 0 Å². The molecule has 0 unspecified atom stereocenters. The summed E-state index contributed by atoms with van der Waals surface area (Å²) in [5.41, 5.74) is 1.50. The maximum Gasteiger partial charge on any atom is 0.159 e. The molecular formula is C14H12F3N. The number of rotatable bonds is 3. The summed E-state index contributed by atoms with van der Waals surface area (Å²) in [7, 11) is 1.72. The molecule has 1 N–H and O–H groups in total. The van der Waals surface area contributed by atoms with Crippen molar-refractivity contribution in [3.05, 3.63) is 59.4 Å². The summed E-state index contributed by atoms with van der Waals surface area (Å²) in [6.45, 7) is 0.421. The highest BCUT2D eigenvalue weighted by Gasteiger charge is 2.07. The maximum atomic E-state index is 13.7. The molecular weight excluding hydrogens is 239 g/mol. The fourth-order valence-electron chi connectivity index (χ4n) is 1.74. The first kappa shape index (κ1) is 12.6. The van der Waals surface area contributed by atoms with Crippen LogP contribution in [0.15, 0.2) is 36.4 Å². The molecule has 2 rings (SSSR count). The number of hydrogen-bond acceptors (Lipinski definition) is 1. The molecule has 0 heterocycles. The van der Waals surface area contributed by atoms with Gasteiger partial charge in [-0.15, -0.1) is 0 Å². The van der Waals surface area contributed by atoms with Gasteiger partial charge < -0.3 is 5.32 Å². The van der Waals surface area contributed by atoms with Crippen LogP contribution in [0.3, 0.4) is 0 Å². The Morgan fingerprint density at radius 3 is 2.00 bits per heavy atom. The van der Waals surface area contributed by atoms with E-state index in [0.717, 1.165) is 12.1 Å². The van der Waals surface area contributed by atoms with Gasteiger partial charge in [0.2, 0.25) is 0 Å². The van der Waals surface area contributed by atoms with E-state index in [1.54, 1.807) is 19.2 Å². The minimum atomic E-state index is -0.938. The first-order valence-electron chi connectivity index (χ1n) is 5.50. The Morgan fingerprint density at radius 2 is 1.44 bits per heavy atom. The zero-order valence-electron chi connectivity index (χ0n) is 9.81. The van der Waals surface area contributed by atoms with E-state index in [1.165, 1.54) is 12.1 Å². The van der Waals surface area contributed by atoms with Crippen LogP contribution in [0.2, 0.25) is 0 Å².